The molecule has 0 radical (unpaired) electrons. The third kappa shape index (κ3) is 9.91. The fourth-order valence-electron chi connectivity index (χ4n) is 4.72. The van der Waals surface area contributed by atoms with Crippen molar-refractivity contribution in [1.29, 1.82) is 0 Å². The van der Waals surface area contributed by atoms with Crippen molar-refractivity contribution in [1.82, 2.24) is 10.2 Å². The van der Waals surface area contributed by atoms with Crippen LogP contribution in [0.25, 0.3) is 0 Å². The lowest BCUT2D eigenvalue weighted by Crippen LogP contribution is -2.50. The molecule has 9 heteroatoms. The molecule has 0 aromatic heterocycles. The number of rotatable bonds is 16. The predicted octanol–water partition coefficient (Wildman–Crippen LogP) is 5.11. The van der Waals surface area contributed by atoms with Gasteiger partial charge in [0.15, 0.2) is 0 Å². The Morgan fingerprint density at radius 3 is 2.29 bits per heavy atom. The zero-order valence-electron chi connectivity index (χ0n) is 25.1. The molecule has 0 unspecified atom stereocenters. The zero-order chi connectivity index (χ0) is 30.5. The number of carbonyl (C=O) groups excluding carboxylic acids is 2. The highest BCUT2D eigenvalue weighted by atomic mass is 32.2. The minimum Gasteiger partial charge on any atom is -0.497 e. The van der Waals surface area contributed by atoms with Crippen molar-refractivity contribution >= 4 is 27.5 Å². The van der Waals surface area contributed by atoms with Crippen molar-refractivity contribution in [3.05, 3.63) is 95.6 Å². The van der Waals surface area contributed by atoms with Gasteiger partial charge in [-0.15, -0.1) is 0 Å². The molecule has 2 amide bonds. The molecule has 0 spiro atoms. The van der Waals surface area contributed by atoms with Crippen LogP contribution >= 0.6 is 0 Å². The summed E-state index contributed by atoms with van der Waals surface area (Å²) in [5, 5.41) is 3.03. The summed E-state index contributed by atoms with van der Waals surface area (Å²) in [6.45, 7) is 4.98. The molecule has 0 heterocycles. The van der Waals surface area contributed by atoms with E-state index in [4.69, 9.17) is 4.74 Å². The van der Waals surface area contributed by atoms with Crippen molar-refractivity contribution in [2.75, 3.05) is 30.8 Å². The molecule has 0 aliphatic rings. The van der Waals surface area contributed by atoms with Crippen LogP contribution in [0.15, 0.2) is 78.9 Å². The SMILES string of the molecule is CCCCNC(=O)[C@H](Cc1ccccc1)N(Cc1ccc(C)cc1)C(=O)CCCN(c1cccc(OC)c1)S(C)(=O)=O. The van der Waals surface area contributed by atoms with Gasteiger partial charge in [-0.05, 0) is 43.0 Å². The highest BCUT2D eigenvalue weighted by Crippen LogP contribution is 2.24. The van der Waals surface area contributed by atoms with Crippen molar-refractivity contribution in [2.24, 2.45) is 0 Å². The number of aryl methyl sites for hydroxylation is 1. The Bertz CT molecular complexity index is 1390. The third-order valence-corrected chi connectivity index (χ3v) is 8.26. The predicted molar refractivity (Wildman–Crippen MR) is 168 cm³/mol. The van der Waals surface area contributed by atoms with Crippen LogP contribution in [-0.2, 0) is 32.6 Å². The van der Waals surface area contributed by atoms with E-state index in [9.17, 15) is 18.0 Å². The summed E-state index contributed by atoms with van der Waals surface area (Å²) >= 11 is 0. The first kappa shape index (κ1) is 32.7. The van der Waals surface area contributed by atoms with E-state index in [2.05, 4.69) is 12.2 Å². The molecule has 8 nitrogen and oxygen atoms in total. The van der Waals surface area contributed by atoms with E-state index in [1.54, 1.807) is 29.2 Å². The number of hydrogen-bond donors (Lipinski definition) is 1. The van der Waals surface area contributed by atoms with Gasteiger partial charge in [-0.3, -0.25) is 13.9 Å². The van der Waals surface area contributed by atoms with Crippen LogP contribution in [0.4, 0.5) is 5.69 Å². The van der Waals surface area contributed by atoms with Gasteiger partial charge in [0.05, 0.1) is 19.1 Å². The summed E-state index contributed by atoms with van der Waals surface area (Å²) < 4.78 is 31.9. The molecule has 0 aliphatic carbocycles. The number of carbonyl (C=O) groups is 2. The maximum atomic E-state index is 13.9. The minimum atomic E-state index is -3.61. The normalized spacial score (nSPS) is 11.9. The van der Waals surface area contributed by atoms with Crippen LogP contribution in [0, 0.1) is 6.92 Å². The standard InChI is InChI=1S/C33H43N3O5S/c1-5-6-21-34-33(38)31(23-27-12-8-7-9-13-27)35(25-28-19-17-26(2)18-20-28)32(37)16-11-22-36(42(4,39)40)29-14-10-15-30(24-29)41-3/h7-10,12-15,17-20,24,31H,5-6,11,16,21-23,25H2,1-4H3,(H,34,38)/t31-/m0/s1. The number of sulfonamides is 1. The molecule has 0 fully saturated rings. The zero-order valence-corrected chi connectivity index (χ0v) is 25.9. The van der Waals surface area contributed by atoms with Crippen LogP contribution < -0.4 is 14.4 Å². The van der Waals surface area contributed by atoms with Gasteiger partial charge in [0.1, 0.15) is 11.8 Å². The quantitative estimate of drug-likeness (QED) is 0.233. The lowest BCUT2D eigenvalue weighted by Gasteiger charge is -2.32. The van der Waals surface area contributed by atoms with E-state index >= 15 is 0 Å². The Morgan fingerprint density at radius 2 is 1.64 bits per heavy atom. The van der Waals surface area contributed by atoms with E-state index in [0.717, 1.165) is 35.8 Å². The summed E-state index contributed by atoms with van der Waals surface area (Å²) in [6, 6.07) is 23.7. The number of anilines is 1. The van der Waals surface area contributed by atoms with Crippen LogP contribution in [0.2, 0.25) is 0 Å². The topological polar surface area (TPSA) is 96.0 Å². The maximum Gasteiger partial charge on any atom is 0.243 e. The van der Waals surface area contributed by atoms with Gasteiger partial charge in [0.25, 0.3) is 0 Å². The maximum absolute atomic E-state index is 13.9. The molecular formula is C33H43N3O5S. The molecule has 0 aliphatic heterocycles. The summed E-state index contributed by atoms with van der Waals surface area (Å²) in [4.78, 5) is 29.1. The van der Waals surface area contributed by atoms with Crippen LogP contribution in [0.1, 0.15) is 49.3 Å². The van der Waals surface area contributed by atoms with Crippen molar-refractivity contribution in [2.45, 2.75) is 58.5 Å². The highest BCUT2D eigenvalue weighted by molar-refractivity contribution is 7.92. The Hall–Kier alpha value is -3.85. The molecule has 1 N–H and O–H groups in total. The van der Waals surface area contributed by atoms with Gasteiger partial charge >= 0.3 is 0 Å². The largest absolute Gasteiger partial charge is 0.497 e. The second-order valence-corrected chi connectivity index (χ2v) is 12.4. The average molecular weight is 594 g/mol. The molecule has 0 saturated carbocycles. The average Bonchev–Trinajstić information content (AvgIpc) is 2.98. The van der Waals surface area contributed by atoms with Crippen molar-refractivity contribution in [3.63, 3.8) is 0 Å². The van der Waals surface area contributed by atoms with E-state index in [0.29, 0.717) is 24.4 Å². The van der Waals surface area contributed by atoms with Gasteiger partial charge in [-0.2, -0.15) is 0 Å². The number of amides is 2. The number of methoxy groups -OCH3 is 1. The molecule has 226 valence electrons. The van der Waals surface area contributed by atoms with Gasteiger partial charge in [0, 0.05) is 38.5 Å². The number of hydrogen-bond acceptors (Lipinski definition) is 5. The first-order chi connectivity index (χ1) is 20.1. The number of benzene rings is 3. The summed E-state index contributed by atoms with van der Waals surface area (Å²) in [7, 11) is -2.09. The molecule has 42 heavy (non-hydrogen) atoms. The monoisotopic (exact) mass is 593 g/mol. The molecule has 0 saturated heterocycles. The summed E-state index contributed by atoms with van der Waals surface area (Å²) in [6.07, 6.45) is 3.67. The molecule has 3 aromatic rings. The van der Waals surface area contributed by atoms with E-state index < -0.39 is 16.1 Å². The third-order valence-electron chi connectivity index (χ3n) is 7.07. The highest BCUT2D eigenvalue weighted by Gasteiger charge is 2.30. The Morgan fingerprint density at radius 1 is 0.929 bits per heavy atom. The van der Waals surface area contributed by atoms with E-state index in [1.165, 1.54) is 11.4 Å². The molecule has 0 bridgehead atoms. The molecular weight excluding hydrogens is 550 g/mol. The summed E-state index contributed by atoms with van der Waals surface area (Å²) in [5.74, 6) is 0.141. The lowest BCUT2D eigenvalue weighted by atomic mass is 10.0. The number of nitrogens with zero attached hydrogens (tertiary/aromatic N) is 2. The molecule has 3 aromatic carbocycles. The fraction of sp³-hybridized carbons (Fsp3) is 0.394. The Balaban J connectivity index is 1.86. The Kier molecular flexibility index (Phi) is 12.4. The van der Waals surface area contributed by atoms with Gasteiger partial charge in [0.2, 0.25) is 21.8 Å². The fourth-order valence-corrected chi connectivity index (χ4v) is 5.68. The second-order valence-electron chi connectivity index (χ2n) is 10.5. The van der Waals surface area contributed by atoms with Crippen LogP contribution in [0.3, 0.4) is 0 Å². The van der Waals surface area contributed by atoms with Crippen molar-refractivity contribution in [3.8, 4) is 5.75 Å². The van der Waals surface area contributed by atoms with Crippen LogP contribution in [-0.4, -0.2) is 57.6 Å². The summed E-state index contributed by atoms with van der Waals surface area (Å²) in [5.41, 5.74) is 3.45. The number of unbranched alkanes of at least 4 members (excludes halogenated alkanes) is 1. The molecule has 1 atom stereocenters. The number of nitrogens with one attached hydrogen (secondary N) is 1. The van der Waals surface area contributed by atoms with E-state index in [1.807, 2.05) is 61.5 Å². The first-order valence-corrected chi connectivity index (χ1v) is 16.3. The Labute approximate surface area is 250 Å². The van der Waals surface area contributed by atoms with Crippen LogP contribution in [0.5, 0.6) is 5.75 Å². The van der Waals surface area contributed by atoms with Crippen molar-refractivity contribution < 1.29 is 22.7 Å². The molecule has 3 rings (SSSR count). The van der Waals surface area contributed by atoms with Gasteiger partial charge in [-0.1, -0.05) is 79.6 Å². The first-order valence-electron chi connectivity index (χ1n) is 14.4. The van der Waals surface area contributed by atoms with Gasteiger partial charge in [-0.25, -0.2) is 8.42 Å². The number of ether oxygens (including phenoxy) is 1. The van der Waals surface area contributed by atoms with Gasteiger partial charge < -0.3 is 15.0 Å². The van der Waals surface area contributed by atoms with E-state index in [-0.39, 0.29) is 37.7 Å². The second kappa shape index (κ2) is 16.0. The smallest absolute Gasteiger partial charge is 0.243 e. The minimum absolute atomic E-state index is 0.0787. The lowest BCUT2D eigenvalue weighted by molar-refractivity contribution is -0.141.